The van der Waals surface area contributed by atoms with Gasteiger partial charge in [-0.1, -0.05) is 6.42 Å². The molecule has 0 spiro atoms. The molecule has 0 aromatic carbocycles. The molecule has 2 saturated heterocycles. The van der Waals surface area contributed by atoms with Gasteiger partial charge in [-0.15, -0.1) is 0 Å². The van der Waals surface area contributed by atoms with Crippen LogP contribution in [0.5, 0.6) is 0 Å². The molecule has 0 aromatic heterocycles. The molecule has 2 aliphatic heterocycles. The molecule has 14 nitrogen and oxygen atoms in total. The Balaban J connectivity index is 1.24. The molecule has 0 bridgehead atoms. The Hall–Kier alpha value is -2.33. The van der Waals surface area contributed by atoms with E-state index in [1.54, 1.807) is 0 Å². The van der Waals surface area contributed by atoms with E-state index in [2.05, 4.69) is 26.6 Å². The Morgan fingerprint density at radius 1 is 0.739 bits per heavy atom. The van der Waals surface area contributed by atoms with Crippen molar-refractivity contribution in [2.75, 3.05) is 78.2 Å². The smallest absolute Gasteiger partial charge is 0.407 e. The molecule has 3 atom stereocenters. The molecule has 266 valence electrons. The molecule has 46 heavy (non-hydrogen) atoms. The van der Waals surface area contributed by atoms with Crippen molar-refractivity contribution >= 4 is 35.7 Å². The number of carbonyl (C=O) groups is 4. The number of nitrogens with one attached hydrogen (secondary N) is 5. The van der Waals surface area contributed by atoms with Gasteiger partial charge in [-0.2, -0.15) is 11.8 Å². The van der Waals surface area contributed by atoms with Gasteiger partial charge in [-0.3, -0.25) is 9.59 Å². The average Bonchev–Trinajstić information content (AvgIpc) is 3.55. The number of unbranched alkanes of at least 4 members (excludes halogenated alkanes) is 2. The summed E-state index contributed by atoms with van der Waals surface area (Å²) in [5.74, 6) is 0.783. The maximum absolute atomic E-state index is 12.0. The van der Waals surface area contributed by atoms with Crippen LogP contribution in [0, 0.1) is 0 Å². The highest BCUT2D eigenvalue weighted by atomic mass is 32.2. The third kappa shape index (κ3) is 20.0. The minimum atomic E-state index is -0.495. The topological polar surface area (TPSA) is 175 Å². The third-order valence-electron chi connectivity index (χ3n) is 7.00. The molecule has 0 aromatic rings. The number of alkyl carbamates (subject to hydrolysis) is 1. The second-order valence-electron chi connectivity index (χ2n) is 12.3. The first-order valence-electron chi connectivity index (χ1n) is 16.6. The van der Waals surface area contributed by atoms with Gasteiger partial charge in [0.1, 0.15) is 12.2 Å². The molecule has 2 heterocycles. The van der Waals surface area contributed by atoms with Crippen LogP contribution in [0.15, 0.2) is 0 Å². The molecule has 5 N–H and O–H groups in total. The predicted octanol–water partition coefficient (Wildman–Crippen LogP) is 2.10. The number of hydrogen-bond acceptors (Lipinski definition) is 10. The SMILES string of the molecule is CC(C)(C)OC(=O)NCCCOCCCCOCCCNC(=O)COCCOCCNC(=O)CCCC[C@@H]1SC[C@@H]2NC(=O)N[C@@H]21. The zero-order chi connectivity index (χ0) is 33.5. The summed E-state index contributed by atoms with van der Waals surface area (Å²) in [6.07, 6.45) is 6.09. The Kier molecular flexibility index (Phi) is 20.7. The lowest BCUT2D eigenvalue weighted by molar-refractivity contribution is -0.126. The Bertz CT molecular complexity index is 893. The van der Waals surface area contributed by atoms with Gasteiger partial charge in [0.15, 0.2) is 0 Å². The lowest BCUT2D eigenvalue weighted by Gasteiger charge is -2.19. The number of thioether (sulfide) groups is 1. The van der Waals surface area contributed by atoms with Crippen LogP contribution in [0.1, 0.15) is 72.1 Å². The standard InChI is InChI=1S/C31H57N5O9S/c1-31(2,3)45-30(40)34-13-9-18-42-16-7-6-15-41-17-8-12-32-27(38)22-44-21-20-43-19-14-33-26(37)11-5-4-10-25-28-24(23-46-25)35-29(39)36-28/h24-25,28H,4-23H2,1-3H3,(H,32,38)(H,33,37)(H,34,40)(H2,35,36,39)/t24-,25-,28-/m0/s1. The molecule has 2 rings (SSSR count). The van der Waals surface area contributed by atoms with Crippen LogP contribution in [0.2, 0.25) is 0 Å². The van der Waals surface area contributed by atoms with Crippen LogP contribution in [0.3, 0.4) is 0 Å². The minimum Gasteiger partial charge on any atom is -0.444 e. The molecule has 0 unspecified atom stereocenters. The summed E-state index contributed by atoms with van der Waals surface area (Å²) in [6, 6.07) is 0.376. The number of ether oxygens (including phenoxy) is 5. The number of carbonyl (C=O) groups excluding carboxylic acids is 4. The average molecular weight is 676 g/mol. The van der Waals surface area contributed by atoms with Crippen LogP contribution in [-0.2, 0) is 33.3 Å². The van der Waals surface area contributed by atoms with Gasteiger partial charge >= 0.3 is 12.1 Å². The van der Waals surface area contributed by atoms with E-state index in [0.717, 1.165) is 50.7 Å². The molecular weight excluding hydrogens is 618 g/mol. The molecule has 0 aliphatic carbocycles. The van der Waals surface area contributed by atoms with Gasteiger partial charge in [-0.25, -0.2) is 9.59 Å². The molecule has 15 heteroatoms. The Labute approximate surface area is 278 Å². The van der Waals surface area contributed by atoms with Crippen molar-refractivity contribution in [3.8, 4) is 0 Å². The number of urea groups is 1. The van der Waals surface area contributed by atoms with Gasteiger partial charge in [0, 0.05) is 63.5 Å². The molecular formula is C31H57N5O9S. The van der Waals surface area contributed by atoms with E-state index in [1.807, 2.05) is 32.5 Å². The largest absolute Gasteiger partial charge is 0.444 e. The van der Waals surface area contributed by atoms with Crippen molar-refractivity contribution in [2.45, 2.75) is 95.1 Å². The fourth-order valence-corrected chi connectivity index (χ4v) is 6.30. The molecule has 2 fully saturated rings. The summed E-state index contributed by atoms with van der Waals surface area (Å²) in [6.45, 7) is 10.4. The van der Waals surface area contributed by atoms with Crippen molar-refractivity contribution < 1.29 is 42.9 Å². The third-order valence-corrected chi connectivity index (χ3v) is 8.51. The first-order valence-corrected chi connectivity index (χ1v) is 17.7. The maximum Gasteiger partial charge on any atom is 0.407 e. The first kappa shape index (κ1) is 39.8. The summed E-state index contributed by atoms with van der Waals surface area (Å²) >= 11 is 1.89. The van der Waals surface area contributed by atoms with E-state index < -0.39 is 11.7 Å². The fraction of sp³-hybridized carbons (Fsp3) is 0.871. The highest BCUT2D eigenvalue weighted by molar-refractivity contribution is 8.00. The van der Waals surface area contributed by atoms with E-state index in [-0.39, 0.29) is 36.5 Å². The number of rotatable bonds is 26. The van der Waals surface area contributed by atoms with Crippen LogP contribution < -0.4 is 26.6 Å². The highest BCUT2D eigenvalue weighted by Gasteiger charge is 2.42. The summed E-state index contributed by atoms with van der Waals surface area (Å²) in [4.78, 5) is 46.9. The number of hydrogen-bond donors (Lipinski definition) is 5. The monoisotopic (exact) mass is 675 g/mol. The summed E-state index contributed by atoms with van der Waals surface area (Å²) in [7, 11) is 0. The van der Waals surface area contributed by atoms with Gasteiger partial charge < -0.3 is 50.3 Å². The van der Waals surface area contributed by atoms with Crippen LogP contribution in [0.4, 0.5) is 9.59 Å². The van der Waals surface area contributed by atoms with Crippen LogP contribution >= 0.6 is 11.8 Å². The lowest BCUT2D eigenvalue weighted by atomic mass is 10.0. The highest BCUT2D eigenvalue weighted by Crippen LogP contribution is 2.33. The maximum atomic E-state index is 12.0. The summed E-state index contributed by atoms with van der Waals surface area (Å²) in [5.41, 5.74) is -0.495. The quantitative estimate of drug-likeness (QED) is 0.0675. The van der Waals surface area contributed by atoms with Crippen molar-refractivity contribution in [3.63, 3.8) is 0 Å². The predicted molar refractivity (Wildman–Crippen MR) is 176 cm³/mol. The van der Waals surface area contributed by atoms with E-state index in [4.69, 9.17) is 23.7 Å². The normalized spacial score (nSPS) is 18.8. The zero-order valence-electron chi connectivity index (χ0n) is 28.0. The second kappa shape index (κ2) is 23.9. The van der Waals surface area contributed by atoms with Gasteiger partial charge in [0.05, 0.1) is 31.9 Å². The number of amides is 5. The zero-order valence-corrected chi connectivity index (χ0v) is 28.8. The van der Waals surface area contributed by atoms with Crippen molar-refractivity contribution in [3.05, 3.63) is 0 Å². The molecule has 0 radical (unpaired) electrons. The van der Waals surface area contributed by atoms with Crippen molar-refractivity contribution in [1.29, 1.82) is 0 Å². The summed E-state index contributed by atoms with van der Waals surface area (Å²) < 4.78 is 27.1. The summed E-state index contributed by atoms with van der Waals surface area (Å²) in [5, 5.41) is 14.7. The minimum absolute atomic E-state index is 0.0129. The van der Waals surface area contributed by atoms with E-state index >= 15 is 0 Å². The van der Waals surface area contributed by atoms with Crippen LogP contribution in [-0.4, -0.2) is 125 Å². The molecule has 5 amide bonds. The van der Waals surface area contributed by atoms with E-state index in [9.17, 15) is 19.2 Å². The first-order chi connectivity index (χ1) is 22.1. The Morgan fingerprint density at radius 3 is 2.09 bits per heavy atom. The van der Waals surface area contributed by atoms with E-state index in [1.165, 1.54) is 0 Å². The molecule has 0 saturated carbocycles. The van der Waals surface area contributed by atoms with Gasteiger partial charge in [0.2, 0.25) is 11.8 Å². The molecule has 2 aliphatic rings. The van der Waals surface area contributed by atoms with Crippen molar-refractivity contribution in [1.82, 2.24) is 26.6 Å². The van der Waals surface area contributed by atoms with Gasteiger partial charge in [-0.05, 0) is 59.3 Å². The lowest BCUT2D eigenvalue weighted by Crippen LogP contribution is -2.36. The van der Waals surface area contributed by atoms with Crippen molar-refractivity contribution in [2.24, 2.45) is 0 Å². The Morgan fingerprint density at radius 2 is 1.37 bits per heavy atom. The van der Waals surface area contributed by atoms with Crippen LogP contribution in [0.25, 0.3) is 0 Å². The fourth-order valence-electron chi connectivity index (χ4n) is 4.75. The number of fused-ring (bicyclic) bond motifs is 1. The van der Waals surface area contributed by atoms with E-state index in [0.29, 0.717) is 77.6 Å². The second-order valence-corrected chi connectivity index (χ2v) is 13.6. The van der Waals surface area contributed by atoms with Gasteiger partial charge in [0.25, 0.3) is 0 Å².